The summed E-state index contributed by atoms with van der Waals surface area (Å²) < 4.78 is 0. The predicted molar refractivity (Wildman–Crippen MR) is 69.6 cm³/mol. The zero-order valence-corrected chi connectivity index (χ0v) is 11.2. The number of aryl methyl sites for hydroxylation is 2. The number of carbonyl (C=O) groups is 1. The predicted octanol–water partition coefficient (Wildman–Crippen LogP) is 2.41. The zero-order chi connectivity index (χ0) is 13.0. The van der Waals surface area contributed by atoms with Crippen LogP contribution in [0, 0.1) is 13.8 Å². The fourth-order valence-electron chi connectivity index (χ4n) is 1.64. The first-order valence-electron chi connectivity index (χ1n) is 5.68. The van der Waals surface area contributed by atoms with Crippen LogP contribution in [0.1, 0.15) is 28.4 Å². The van der Waals surface area contributed by atoms with Gasteiger partial charge in [-0.3, -0.25) is 4.79 Å². The Bertz CT molecular complexity index is 418. The maximum absolute atomic E-state index is 12.2. The topological polar surface area (TPSA) is 40.5 Å². The average Bonchev–Trinajstić information content (AvgIpc) is 2.30. The molecule has 1 amide bonds. The Morgan fingerprint density at radius 2 is 1.94 bits per heavy atom. The number of nitrogens with zero attached hydrogens (tertiary/aromatic N) is 1. The van der Waals surface area contributed by atoms with Crippen LogP contribution in [-0.2, 0) is 0 Å². The lowest BCUT2D eigenvalue weighted by Crippen LogP contribution is -2.33. The smallest absolute Gasteiger partial charge is 0.255 e. The van der Waals surface area contributed by atoms with Crippen molar-refractivity contribution in [2.75, 3.05) is 19.7 Å². The highest BCUT2D eigenvalue weighted by Crippen LogP contribution is 2.22. The summed E-state index contributed by atoms with van der Waals surface area (Å²) in [4.78, 5) is 13.8. The van der Waals surface area contributed by atoms with E-state index in [1.54, 1.807) is 17.0 Å². The number of benzene rings is 1. The monoisotopic (exact) mass is 255 g/mol. The normalized spacial score (nSPS) is 10.4. The zero-order valence-electron chi connectivity index (χ0n) is 10.5. The molecule has 3 nitrogen and oxygen atoms in total. The van der Waals surface area contributed by atoms with Gasteiger partial charge in [0.15, 0.2) is 0 Å². The minimum Gasteiger partial charge on any atom is -0.395 e. The molecule has 0 atom stereocenters. The second kappa shape index (κ2) is 6.03. The summed E-state index contributed by atoms with van der Waals surface area (Å²) in [6.07, 6.45) is 0. The standard InChI is InChI=1S/C13H18ClNO2/c1-4-15(5-6-16)13(17)11-7-9(2)10(3)8-12(11)14/h7-8,16H,4-6H2,1-3H3. The van der Waals surface area contributed by atoms with Crippen LogP contribution in [0.2, 0.25) is 5.02 Å². The van der Waals surface area contributed by atoms with Gasteiger partial charge in [0, 0.05) is 13.1 Å². The molecular formula is C13H18ClNO2. The molecule has 0 aliphatic carbocycles. The highest BCUT2D eigenvalue weighted by Gasteiger charge is 2.17. The number of aliphatic hydroxyl groups excluding tert-OH is 1. The van der Waals surface area contributed by atoms with Gasteiger partial charge in [-0.2, -0.15) is 0 Å². The van der Waals surface area contributed by atoms with Gasteiger partial charge in [0.2, 0.25) is 0 Å². The lowest BCUT2D eigenvalue weighted by atomic mass is 10.1. The third kappa shape index (κ3) is 3.20. The highest BCUT2D eigenvalue weighted by molar-refractivity contribution is 6.33. The molecule has 0 fully saturated rings. The van der Waals surface area contributed by atoms with Gasteiger partial charge in [0.1, 0.15) is 0 Å². The number of hydrogen-bond acceptors (Lipinski definition) is 2. The van der Waals surface area contributed by atoms with E-state index in [0.29, 0.717) is 23.7 Å². The Hall–Kier alpha value is -1.06. The van der Waals surface area contributed by atoms with Crippen LogP contribution >= 0.6 is 11.6 Å². The van der Waals surface area contributed by atoms with Crippen molar-refractivity contribution in [3.8, 4) is 0 Å². The highest BCUT2D eigenvalue weighted by atomic mass is 35.5. The van der Waals surface area contributed by atoms with Crippen LogP contribution in [0.5, 0.6) is 0 Å². The van der Waals surface area contributed by atoms with Gasteiger partial charge < -0.3 is 10.0 Å². The maximum atomic E-state index is 12.2. The number of aliphatic hydroxyl groups is 1. The Balaban J connectivity index is 3.07. The number of likely N-dealkylation sites (N-methyl/N-ethyl adjacent to an activating group) is 1. The van der Waals surface area contributed by atoms with Crippen molar-refractivity contribution in [3.63, 3.8) is 0 Å². The SMILES string of the molecule is CCN(CCO)C(=O)c1cc(C)c(C)cc1Cl. The Labute approximate surface area is 107 Å². The molecule has 1 N–H and O–H groups in total. The van der Waals surface area contributed by atoms with E-state index in [9.17, 15) is 4.79 Å². The number of carbonyl (C=O) groups excluding carboxylic acids is 1. The molecule has 1 aromatic carbocycles. The van der Waals surface area contributed by atoms with Crippen LogP contribution < -0.4 is 0 Å². The minimum atomic E-state index is -0.130. The van der Waals surface area contributed by atoms with Crippen LogP contribution in [0.25, 0.3) is 0 Å². The van der Waals surface area contributed by atoms with Crippen LogP contribution in [0.3, 0.4) is 0 Å². The summed E-state index contributed by atoms with van der Waals surface area (Å²) in [5.41, 5.74) is 2.61. The molecule has 0 heterocycles. The fraction of sp³-hybridized carbons (Fsp3) is 0.462. The molecule has 1 aromatic rings. The minimum absolute atomic E-state index is 0.0396. The Kier molecular flexibility index (Phi) is 4.97. The van der Waals surface area contributed by atoms with Crippen molar-refractivity contribution in [2.24, 2.45) is 0 Å². The van der Waals surface area contributed by atoms with Crippen LogP contribution in [0.15, 0.2) is 12.1 Å². The molecule has 0 unspecified atom stereocenters. The first-order chi connectivity index (χ1) is 8.01. The first kappa shape index (κ1) is 14.0. The molecule has 1 rings (SSSR count). The molecule has 0 aliphatic rings. The van der Waals surface area contributed by atoms with Crippen molar-refractivity contribution < 1.29 is 9.90 Å². The lowest BCUT2D eigenvalue weighted by Gasteiger charge is -2.20. The van der Waals surface area contributed by atoms with E-state index in [4.69, 9.17) is 16.7 Å². The molecule has 94 valence electrons. The molecule has 0 spiro atoms. The van der Waals surface area contributed by atoms with E-state index in [1.807, 2.05) is 20.8 Å². The van der Waals surface area contributed by atoms with Crippen molar-refractivity contribution >= 4 is 17.5 Å². The molecule has 0 aromatic heterocycles. The van der Waals surface area contributed by atoms with Gasteiger partial charge in [0.05, 0.1) is 17.2 Å². The molecule has 0 saturated carbocycles. The van der Waals surface area contributed by atoms with Gasteiger partial charge >= 0.3 is 0 Å². The van der Waals surface area contributed by atoms with Gasteiger partial charge in [-0.05, 0) is 44.0 Å². The van der Waals surface area contributed by atoms with Crippen molar-refractivity contribution in [1.29, 1.82) is 0 Å². The summed E-state index contributed by atoms with van der Waals surface area (Å²) in [6, 6.07) is 3.61. The number of hydrogen-bond donors (Lipinski definition) is 1. The number of rotatable bonds is 4. The van der Waals surface area contributed by atoms with Crippen LogP contribution in [0.4, 0.5) is 0 Å². The van der Waals surface area contributed by atoms with Crippen molar-refractivity contribution in [2.45, 2.75) is 20.8 Å². The van der Waals surface area contributed by atoms with E-state index in [-0.39, 0.29) is 12.5 Å². The summed E-state index contributed by atoms with van der Waals surface area (Å²) in [5.74, 6) is -0.130. The first-order valence-corrected chi connectivity index (χ1v) is 6.06. The van der Waals surface area contributed by atoms with E-state index in [2.05, 4.69) is 0 Å². The molecule has 4 heteroatoms. The molecule has 0 saturated heterocycles. The van der Waals surface area contributed by atoms with Gasteiger partial charge in [0.25, 0.3) is 5.91 Å². The molecule has 0 bridgehead atoms. The summed E-state index contributed by atoms with van der Waals surface area (Å²) >= 11 is 6.09. The second-order valence-corrected chi connectivity index (χ2v) is 4.43. The second-order valence-electron chi connectivity index (χ2n) is 4.02. The quantitative estimate of drug-likeness (QED) is 0.898. The van der Waals surface area contributed by atoms with Gasteiger partial charge in [-0.25, -0.2) is 0 Å². The number of halogens is 1. The van der Waals surface area contributed by atoms with E-state index >= 15 is 0 Å². The van der Waals surface area contributed by atoms with Crippen LogP contribution in [-0.4, -0.2) is 35.6 Å². The third-order valence-electron chi connectivity index (χ3n) is 2.85. The molecule has 0 radical (unpaired) electrons. The van der Waals surface area contributed by atoms with Crippen molar-refractivity contribution in [3.05, 3.63) is 33.8 Å². The average molecular weight is 256 g/mol. The summed E-state index contributed by atoms with van der Waals surface area (Å²) in [5, 5.41) is 9.37. The third-order valence-corrected chi connectivity index (χ3v) is 3.17. The van der Waals surface area contributed by atoms with Gasteiger partial charge in [-0.15, -0.1) is 0 Å². The Morgan fingerprint density at radius 1 is 1.35 bits per heavy atom. The molecule has 17 heavy (non-hydrogen) atoms. The Morgan fingerprint density at radius 3 is 2.47 bits per heavy atom. The fourth-order valence-corrected chi connectivity index (χ4v) is 1.94. The summed E-state index contributed by atoms with van der Waals surface area (Å²) in [7, 11) is 0. The lowest BCUT2D eigenvalue weighted by molar-refractivity contribution is 0.0732. The maximum Gasteiger partial charge on any atom is 0.255 e. The largest absolute Gasteiger partial charge is 0.395 e. The molecule has 0 aliphatic heterocycles. The van der Waals surface area contributed by atoms with E-state index < -0.39 is 0 Å². The molecular weight excluding hydrogens is 238 g/mol. The van der Waals surface area contributed by atoms with E-state index in [0.717, 1.165) is 11.1 Å². The number of amides is 1. The van der Waals surface area contributed by atoms with Gasteiger partial charge in [-0.1, -0.05) is 11.6 Å². The van der Waals surface area contributed by atoms with E-state index in [1.165, 1.54) is 0 Å². The van der Waals surface area contributed by atoms with Crippen molar-refractivity contribution in [1.82, 2.24) is 4.90 Å². The summed E-state index contributed by atoms with van der Waals surface area (Å²) in [6.45, 7) is 6.64.